The quantitative estimate of drug-likeness (QED) is 0.383. The van der Waals surface area contributed by atoms with Crippen molar-refractivity contribution in [1.29, 1.82) is 0 Å². The lowest BCUT2D eigenvalue weighted by Gasteiger charge is -2.18. The molecule has 2 N–H and O–H groups in total. The van der Waals surface area contributed by atoms with Gasteiger partial charge in [-0.2, -0.15) is 0 Å². The second kappa shape index (κ2) is 16.1. The summed E-state index contributed by atoms with van der Waals surface area (Å²) in [6, 6.07) is 0. The average molecular weight is 310 g/mol. The van der Waals surface area contributed by atoms with E-state index in [0.29, 0.717) is 52.9 Å². The molecule has 0 aromatic heterocycles. The number of hydrogen-bond donors (Lipinski definition) is 2. The monoisotopic (exact) mass is 310 g/mol. The standard InChI is InChI=1S/C14H30O7/c1-13(11-19-8-7-17-5-3-15)21-12-14(2)20-10-9-18-6-4-16/h13-16H,3-12H2,1-2H3. The first-order valence-electron chi connectivity index (χ1n) is 7.38. The number of aliphatic hydroxyl groups excluding tert-OH is 2. The van der Waals surface area contributed by atoms with Crippen LogP contribution in [-0.2, 0) is 23.7 Å². The molecule has 0 saturated heterocycles. The zero-order chi connectivity index (χ0) is 15.8. The summed E-state index contributed by atoms with van der Waals surface area (Å²) in [5, 5.41) is 17.1. The lowest BCUT2D eigenvalue weighted by atomic mass is 10.4. The molecular formula is C14H30O7. The molecule has 128 valence electrons. The lowest BCUT2D eigenvalue weighted by molar-refractivity contribution is -0.0711. The van der Waals surface area contributed by atoms with Gasteiger partial charge in [-0.05, 0) is 13.8 Å². The Balaban J connectivity index is 3.32. The van der Waals surface area contributed by atoms with E-state index in [1.165, 1.54) is 0 Å². The van der Waals surface area contributed by atoms with Crippen LogP contribution in [0.15, 0.2) is 0 Å². The molecule has 0 fully saturated rings. The van der Waals surface area contributed by atoms with Crippen molar-refractivity contribution in [3.63, 3.8) is 0 Å². The van der Waals surface area contributed by atoms with Crippen molar-refractivity contribution < 1.29 is 33.9 Å². The minimum atomic E-state index is -0.0157. The summed E-state index contributed by atoms with van der Waals surface area (Å²) in [6.45, 7) is 7.51. The molecule has 0 bridgehead atoms. The molecule has 21 heavy (non-hydrogen) atoms. The van der Waals surface area contributed by atoms with Gasteiger partial charge >= 0.3 is 0 Å². The topological polar surface area (TPSA) is 86.6 Å². The third-order valence-electron chi connectivity index (χ3n) is 2.44. The second-order valence-corrected chi connectivity index (χ2v) is 4.57. The van der Waals surface area contributed by atoms with Crippen molar-refractivity contribution in [1.82, 2.24) is 0 Å². The van der Waals surface area contributed by atoms with Gasteiger partial charge in [-0.1, -0.05) is 0 Å². The molecular weight excluding hydrogens is 280 g/mol. The summed E-state index contributed by atoms with van der Waals surface area (Å²) >= 11 is 0. The Bertz CT molecular complexity index is 204. The molecule has 2 unspecified atom stereocenters. The van der Waals surface area contributed by atoms with Crippen LogP contribution in [0, 0.1) is 0 Å². The van der Waals surface area contributed by atoms with E-state index in [9.17, 15) is 0 Å². The molecule has 0 spiro atoms. The van der Waals surface area contributed by atoms with E-state index in [0.717, 1.165) is 0 Å². The van der Waals surface area contributed by atoms with Crippen molar-refractivity contribution >= 4 is 0 Å². The fourth-order valence-electron chi connectivity index (χ4n) is 1.40. The van der Waals surface area contributed by atoms with E-state index in [1.807, 2.05) is 13.8 Å². The Morgan fingerprint density at radius 2 is 1.14 bits per heavy atom. The molecule has 0 aliphatic carbocycles. The molecule has 0 radical (unpaired) electrons. The fourth-order valence-corrected chi connectivity index (χ4v) is 1.40. The van der Waals surface area contributed by atoms with E-state index in [2.05, 4.69) is 0 Å². The molecule has 7 nitrogen and oxygen atoms in total. The van der Waals surface area contributed by atoms with Gasteiger partial charge in [0.15, 0.2) is 0 Å². The molecule has 0 aliphatic heterocycles. The van der Waals surface area contributed by atoms with E-state index in [4.69, 9.17) is 33.9 Å². The maximum Gasteiger partial charge on any atom is 0.0781 e. The number of ether oxygens (including phenoxy) is 5. The Morgan fingerprint density at radius 1 is 0.619 bits per heavy atom. The molecule has 0 amide bonds. The van der Waals surface area contributed by atoms with Crippen molar-refractivity contribution in [2.24, 2.45) is 0 Å². The first-order valence-corrected chi connectivity index (χ1v) is 7.38. The van der Waals surface area contributed by atoms with Crippen LogP contribution in [0.2, 0.25) is 0 Å². The lowest BCUT2D eigenvalue weighted by Crippen LogP contribution is -2.25. The highest BCUT2D eigenvalue weighted by Crippen LogP contribution is 1.98. The predicted octanol–water partition coefficient (Wildman–Crippen LogP) is -0.169. The second-order valence-electron chi connectivity index (χ2n) is 4.57. The van der Waals surface area contributed by atoms with Gasteiger partial charge in [-0.3, -0.25) is 0 Å². The predicted molar refractivity (Wildman–Crippen MR) is 77.5 cm³/mol. The molecule has 7 heteroatoms. The number of aliphatic hydroxyl groups is 2. The van der Waals surface area contributed by atoms with E-state index < -0.39 is 0 Å². The summed E-state index contributed by atoms with van der Waals surface area (Å²) in [5.74, 6) is 0. The summed E-state index contributed by atoms with van der Waals surface area (Å²) in [4.78, 5) is 0. The smallest absolute Gasteiger partial charge is 0.0781 e. The maximum atomic E-state index is 8.53. The number of hydrogen-bond acceptors (Lipinski definition) is 7. The van der Waals surface area contributed by atoms with Gasteiger partial charge in [0, 0.05) is 0 Å². The van der Waals surface area contributed by atoms with E-state index in [-0.39, 0.29) is 25.4 Å². The minimum absolute atomic E-state index is 0.0143. The fraction of sp³-hybridized carbons (Fsp3) is 1.00. The van der Waals surface area contributed by atoms with Crippen LogP contribution < -0.4 is 0 Å². The molecule has 0 aromatic rings. The third-order valence-corrected chi connectivity index (χ3v) is 2.44. The van der Waals surface area contributed by atoms with Crippen LogP contribution in [0.5, 0.6) is 0 Å². The zero-order valence-corrected chi connectivity index (χ0v) is 13.2. The zero-order valence-electron chi connectivity index (χ0n) is 13.2. The minimum Gasteiger partial charge on any atom is -0.394 e. The Kier molecular flexibility index (Phi) is 15.9. The highest BCUT2D eigenvalue weighted by Gasteiger charge is 2.07. The van der Waals surface area contributed by atoms with E-state index in [1.54, 1.807) is 0 Å². The van der Waals surface area contributed by atoms with Crippen LogP contribution in [0.25, 0.3) is 0 Å². The average Bonchev–Trinajstić information content (AvgIpc) is 2.48. The molecule has 0 saturated carbocycles. The molecule has 0 rings (SSSR count). The molecule has 0 heterocycles. The van der Waals surface area contributed by atoms with Crippen molar-refractivity contribution in [3.05, 3.63) is 0 Å². The van der Waals surface area contributed by atoms with Gasteiger partial charge in [-0.25, -0.2) is 0 Å². The summed E-state index contributed by atoms with van der Waals surface area (Å²) in [7, 11) is 0. The molecule has 2 atom stereocenters. The van der Waals surface area contributed by atoms with Gasteiger partial charge in [0.05, 0.1) is 78.3 Å². The summed E-state index contributed by atoms with van der Waals surface area (Å²) in [5.41, 5.74) is 0. The Labute approximate surface area is 127 Å². The van der Waals surface area contributed by atoms with Crippen LogP contribution in [0.3, 0.4) is 0 Å². The summed E-state index contributed by atoms with van der Waals surface area (Å²) < 4.78 is 26.6. The first-order chi connectivity index (χ1) is 10.2. The van der Waals surface area contributed by atoms with Gasteiger partial charge in [0.2, 0.25) is 0 Å². The van der Waals surface area contributed by atoms with Crippen LogP contribution >= 0.6 is 0 Å². The molecule has 0 aromatic carbocycles. The Hall–Kier alpha value is -0.280. The van der Waals surface area contributed by atoms with Crippen LogP contribution in [0.1, 0.15) is 13.8 Å². The summed E-state index contributed by atoms with van der Waals surface area (Å²) in [6.07, 6.45) is -0.0300. The van der Waals surface area contributed by atoms with Crippen molar-refractivity contribution in [3.8, 4) is 0 Å². The highest BCUT2D eigenvalue weighted by atomic mass is 16.6. The van der Waals surface area contributed by atoms with Crippen LogP contribution in [-0.4, -0.2) is 88.5 Å². The molecule has 0 aliphatic rings. The maximum absolute atomic E-state index is 8.53. The van der Waals surface area contributed by atoms with Gasteiger partial charge in [-0.15, -0.1) is 0 Å². The SMILES string of the molecule is CC(COCCOCCO)OCC(C)OCCOCCO. The number of rotatable bonds is 16. The first kappa shape index (κ1) is 20.7. The van der Waals surface area contributed by atoms with Gasteiger partial charge in [0.1, 0.15) is 0 Å². The third kappa shape index (κ3) is 15.9. The van der Waals surface area contributed by atoms with Crippen molar-refractivity contribution in [2.75, 3.05) is 66.1 Å². The van der Waals surface area contributed by atoms with Crippen LogP contribution in [0.4, 0.5) is 0 Å². The van der Waals surface area contributed by atoms with Gasteiger partial charge < -0.3 is 33.9 Å². The van der Waals surface area contributed by atoms with E-state index >= 15 is 0 Å². The van der Waals surface area contributed by atoms with Crippen molar-refractivity contribution in [2.45, 2.75) is 26.1 Å². The largest absolute Gasteiger partial charge is 0.394 e. The Morgan fingerprint density at radius 3 is 1.76 bits per heavy atom. The van der Waals surface area contributed by atoms with Gasteiger partial charge in [0.25, 0.3) is 0 Å². The highest BCUT2D eigenvalue weighted by molar-refractivity contribution is 4.52. The normalized spacial score (nSPS) is 14.3.